The lowest BCUT2D eigenvalue weighted by Gasteiger charge is -2.35. The van der Waals surface area contributed by atoms with E-state index < -0.39 is 0 Å². The van der Waals surface area contributed by atoms with Crippen molar-refractivity contribution in [3.8, 4) is 5.75 Å². The molecule has 2 aromatic rings. The summed E-state index contributed by atoms with van der Waals surface area (Å²) >= 11 is 1.66. The van der Waals surface area contributed by atoms with E-state index in [1.807, 2.05) is 25.1 Å². The summed E-state index contributed by atoms with van der Waals surface area (Å²) in [5.74, 6) is 1.22. The van der Waals surface area contributed by atoms with Crippen LogP contribution in [0.3, 0.4) is 0 Å². The summed E-state index contributed by atoms with van der Waals surface area (Å²) < 4.78 is 10.4. The lowest BCUT2D eigenvalue weighted by molar-refractivity contribution is -0.150. The van der Waals surface area contributed by atoms with Crippen LogP contribution < -0.4 is 10.5 Å². The molecule has 2 heterocycles. The van der Waals surface area contributed by atoms with E-state index in [0.29, 0.717) is 13.2 Å². The summed E-state index contributed by atoms with van der Waals surface area (Å²) in [4.78, 5) is 23.4. The third kappa shape index (κ3) is 5.09. The number of hydrogen-bond donors (Lipinski definition) is 1. The van der Waals surface area contributed by atoms with Crippen LogP contribution in [0.1, 0.15) is 13.3 Å². The smallest absolute Gasteiger partial charge is 0.311 e. The number of piperidine rings is 1. The molecule has 2 atom stereocenters. The number of ether oxygens (including phenoxy) is 2. The highest BCUT2D eigenvalue weighted by Gasteiger charge is 2.32. The van der Waals surface area contributed by atoms with Crippen molar-refractivity contribution in [2.75, 3.05) is 39.1 Å². The Hall–Kier alpha value is -1.90. The van der Waals surface area contributed by atoms with Gasteiger partial charge in [0.15, 0.2) is 0 Å². The van der Waals surface area contributed by atoms with Crippen LogP contribution in [0.25, 0.3) is 11.0 Å². The molecule has 7 nitrogen and oxygen atoms in total. The molecular formula is C19H26N4O3S. The van der Waals surface area contributed by atoms with Crippen molar-refractivity contribution < 1.29 is 14.3 Å². The highest BCUT2D eigenvalue weighted by molar-refractivity contribution is 7.99. The Morgan fingerprint density at radius 2 is 2.26 bits per heavy atom. The van der Waals surface area contributed by atoms with Gasteiger partial charge in [0.05, 0.1) is 36.9 Å². The topological polar surface area (TPSA) is 90.6 Å². The van der Waals surface area contributed by atoms with Gasteiger partial charge in [0.25, 0.3) is 0 Å². The fourth-order valence-corrected chi connectivity index (χ4v) is 4.04. The van der Waals surface area contributed by atoms with Crippen molar-refractivity contribution in [3.63, 3.8) is 0 Å². The number of methoxy groups -OCH3 is 1. The number of aromatic nitrogens is 2. The molecule has 0 amide bonds. The van der Waals surface area contributed by atoms with E-state index in [-0.39, 0.29) is 17.9 Å². The predicted molar refractivity (Wildman–Crippen MR) is 106 cm³/mol. The van der Waals surface area contributed by atoms with E-state index in [1.54, 1.807) is 25.1 Å². The van der Waals surface area contributed by atoms with Crippen molar-refractivity contribution in [1.29, 1.82) is 0 Å². The number of fused-ring (bicyclic) bond motifs is 1. The molecule has 146 valence electrons. The summed E-state index contributed by atoms with van der Waals surface area (Å²) in [5, 5.41) is 0.881. The van der Waals surface area contributed by atoms with Crippen LogP contribution in [0.2, 0.25) is 0 Å². The molecule has 8 heteroatoms. The zero-order valence-electron chi connectivity index (χ0n) is 15.8. The van der Waals surface area contributed by atoms with Crippen molar-refractivity contribution in [2.45, 2.75) is 24.4 Å². The third-order valence-corrected chi connectivity index (χ3v) is 5.60. The van der Waals surface area contributed by atoms with E-state index in [0.717, 1.165) is 47.1 Å². The van der Waals surface area contributed by atoms with Crippen LogP contribution in [0.4, 0.5) is 0 Å². The monoisotopic (exact) mass is 390 g/mol. The van der Waals surface area contributed by atoms with Crippen LogP contribution in [-0.2, 0) is 9.53 Å². The number of rotatable bonds is 7. The van der Waals surface area contributed by atoms with Gasteiger partial charge in [0.1, 0.15) is 10.8 Å². The van der Waals surface area contributed by atoms with E-state index in [1.165, 1.54) is 0 Å². The molecule has 1 fully saturated rings. The number of thioether (sulfide) groups is 1. The summed E-state index contributed by atoms with van der Waals surface area (Å²) in [6.45, 7) is 4.63. The first-order valence-corrected chi connectivity index (χ1v) is 10.2. The molecule has 1 aromatic carbocycles. The van der Waals surface area contributed by atoms with Crippen LogP contribution in [0.5, 0.6) is 5.75 Å². The first-order valence-electron chi connectivity index (χ1n) is 9.19. The summed E-state index contributed by atoms with van der Waals surface area (Å²) in [5.41, 5.74) is 7.78. The van der Waals surface area contributed by atoms with Crippen molar-refractivity contribution in [1.82, 2.24) is 14.9 Å². The second kappa shape index (κ2) is 9.34. The maximum atomic E-state index is 12.1. The SMILES string of the molecule is CCOC(=O)C1CN(CCSc2cnc3ccc(OC)cc3n2)CC[C@H]1N. The number of benzene rings is 1. The maximum Gasteiger partial charge on any atom is 0.311 e. The molecule has 1 aromatic heterocycles. The number of carbonyl (C=O) groups excluding carboxylic acids is 1. The van der Waals surface area contributed by atoms with Gasteiger partial charge >= 0.3 is 5.97 Å². The molecule has 0 saturated carbocycles. The second-order valence-corrected chi connectivity index (χ2v) is 7.64. The number of carbonyl (C=O) groups is 1. The Labute approximate surface area is 163 Å². The molecule has 1 aliphatic heterocycles. The second-order valence-electron chi connectivity index (χ2n) is 6.52. The highest BCUT2D eigenvalue weighted by atomic mass is 32.2. The summed E-state index contributed by atoms with van der Waals surface area (Å²) in [7, 11) is 1.64. The zero-order valence-corrected chi connectivity index (χ0v) is 16.6. The largest absolute Gasteiger partial charge is 0.497 e. The maximum absolute atomic E-state index is 12.1. The number of hydrogen-bond acceptors (Lipinski definition) is 8. The molecule has 0 aliphatic carbocycles. The van der Waals surface area contributed by atoms with Crippen molar-refractivity contribution in [2.24, 2.45) is 11.7 Å². The lowest BCUT2D eigenvalue weighted by Crippen LogP contribution is -2.51. The van der Waals surface area contributed by atoms with Crippen molar-refractivity contribution >= 4 is 28.8 Å². The standard InChI is InChI=1S/C19H26N4O3S/c1-3-26-19(24)14-12-23(7-6-15(14)20)8-9-27-18-11-21-16-5-4-13(25-2)10-17(16)22-18/h4-5,10-11,14-15H,3,6-9,12,20H2,1-2H3/t14?,15-/m1/s1. The summed E-state index contributed by atoms with van der Waals surface area (Å²) in [6.07, 6.45) is 2.61. The van der Waals surface area contributed by atoms with E-state index in [4.69, 9.17) is 15.2 Å². The Balaban J connectivity index is 1.54. The third-order valence-electron chi connectivity index (χ3n) is 4.72. The van der Waals surface area contributed by atoms with Crippen molar-refractivity contribution in [3.05, 3.63) is 24.4 Å². The minimum absolute atomic E-state index is 0.116. The fraction of sp³-hybridized carbons (Fsp3) is 0.526. The molecule has 1 aliphatic rings. The summed E-state index contributed by atoms with van der Waals surface area (Å²) in [6, 6.07) is 5.56. The molecule has 1 unspecified atom stereocenters. The number of nitrogens with two attached hydrogens (primary N) is 1. The Morgan fingerprint density at radius 1 is 1.41 bits per heavy atom. The van der Waals surface area contributed by atoms with E-state index in [2.05, 4.69) is 14.9 Å². The van der Waals surface area contributed by atoms with E-state index in [9.17, 15) is 4.79 Å². The van der Waals surface area contributed by atoms with Crippen LogP contribution >= 0.6 is 11.8 Å². The fourth-order valence-electron chi connectivity index (χ4n) is 3.19. The van der Waals surface area contributed by atoms with Crippen LogP contribution in [-0.4, -0.2) is 66.0 Å². The number of nitrogens with zero attached hydrogens (tertiary/aromatic N) is 3. The molecule has 27 heavy (non-hydrogen) atoms. The lowest BCUT2D eigenvalue weighted by atomic mass is 9.93. The average molecular weight is 391 g/mol. The minimum Gasteiger partial charge on any atom is -0.497 e. The molecule has 0 bridgehead atoms. The number of likely N-dealkylation sites (tertiary alicyclic amines) is 1. The first kappa shape index (κ1) is 19.9. The Kier molecular flexibility index (Phi) is 6.87. The minimum atomic E-state index is -0.239. The van der Waals surface area contributed by atoms with Gasteiger partial charge < -0.3 is 20.1 Å². The molecule has 0 radical (unpaired) electrons. The van der Waals surface area contributed by atoms with Gasteiger partial charge in [0.2, 0.25) is 0 Å². The highest BCUT2D eigenvalue weighted by Crippen LogP contribution is 2.23. The quantitative estimate of drug-likeness (QED) is 0.567. The van der Waals surface area contributed by atoms with Gasteiger partial charge in [0, 0.05) is 31.0 Å². The van der Waals surface area contributed by atoms with E-state index >= 15 is 0 Å². The predicted octanol–water partition coefficient (Wildman–Crippen LogP) is 1.94. The molecule has 2 N–H and O–H groups in total. The average Bonchev–Trinajstić information content (AvgIpc) is 2.68. The van der Waals surface area contributed by atoms with Gasteiger partial charge in [-0.3, -0.25) is 9.78 Å². The van der Waals surface area contributed by atoms with Gasteiger partial charge in [-0.1, -0.05) is 0 Å². The zero-order chi connectivity index (χ0) is 19.2. The van der Waals surface area contributed by atoms with Gasteiger partial charge in [-0.25, -0.2) is 4.98 Å². The molecule has 0 spiro atoms. The molecule has 3 rings (SSSR count). The normalized spacial score (nSPS) is 20.6. The van der Waals surface area contributed by atoms with Crippen LogP contribution in [0, 0.1) is 5.92 Å². The van der Waals surface area contributed by atoms with Crippen LogP contribution in [0.15, 0.2) is 29.4 Å². The Morgan fingerprint density at radius 3 is 3.04 bits per heavy atom. The Bertz CT molecular complexity index is 789. The molecule has 1 saturated heterocycles. The van der Waals surface area contributed by atoms with Gasteiger partial charge in [-0.2, -0.15) is 0 Å². The first-order chi connectivity index (χ1) is 13.1. The molecular weight excluding hydrogens is 364 g/mol. The van der Waals surface area contributed by atoms with Gasteiger partial charge in [-0.05, 0) is 32.0 Å². The number of esters is 1. The van der Waals surface area contributed by atoms with Gasteiger partial charge in [-0.15, -0.1) is 11.8 Å².